The van der Waals surface area contributed by atoms with Crippen LogP contribution in [0.4, 0.5) is 0 Å². The van der Waals surface area contributed by atoms with Gasteiger partial charge in [-0.2, -0.15) is 0 Å². The number of fused-ring (bicyclic) bond motifs is 13. The largest absolute Gasteiger partial charge is 0.310 e. The fraction of sp³-hybridized carbons (Fsp3) is 0. The Morgan fingerprint density at radius 1 is 0.231 bits per heavy atom. The van der Waals surface area contributed by atoms with E-state index in [1.807, 2.05) is 11.3 Å². The summed E-state index contributed by atoms with van der Waals surface area (Å²) in [5.41, 5.74) is 13.6. The quantitative estimate of drug-likeness (QED) is 0.168. The summed E-state index contributed by atoms with van der Waals surface area (Å²) in [5, 5.41) is 9.73. The molecular weight excluding hydrogens is 809 g/mol. The van der Waals surface area contributed by atoms with E-state index in [0.29, 0.717) is 0 Å². The highest BCUT2D eigenvalue weighted by Crippen LogP contribution is 2.39. The van der Waals surface area contributed by atoms with Gasteiger partial charge in [0, 0.05) is 86.5 Å². The van der Waals surface area contributed by atoms with Crippen molar-refractivity contribution >= 4 is 108 Å². The van der Waals surface area contributed by atoms with Crippen LogP contribution in [0.5, 0.6) is 0 Å². The van der Waals surface area contributed by atoms with Crippen LogP contribution in [0.1, 0.15) is 0 Å². The molecule has 0 aliphatic rings. The van der Waals surface area contributed by atoms with Crippen molar-refractivity contribution in [1.82, 2.24) is 18.3 Å². The summed E-state index contributed by atoms with van der Waals surface area (Å²) >= 11 is 1.86. The highest BCUT2D eigenvalue weighted by atomic mass is 32.1. The van der Waals surface area contributed by atoms with Gasteiger partial charge in [0.25, 0.3) is 0 Å². The molecule has 4 aromatic heterocycles. The van der Waals surface area contributed by atoms with Crippen LogP contribution in [0.15, 0.2) is 231 Å². The molecule has 5 heteroatoms. The van der Waals surface area contributed by atoms with Gasteiger partial charge < -0.3 is 18.3 Å². The Hall–Kier alpha value is -8.38. The first-order valence-corrected chi connectivity index (χ1v) is 23.0. The summed E-state index contributed by atoms with van der Waals surface area (Å²) in [5.74, 6) is 0. The van der Waals surface area contributed by atoms with Crippen LogP contribution in [0.3, 0.4) is 0 Å². The molecule has 0 amide bonds. The van der Waals surface area contributed by atoms with E-state index in [-0.39, 0.29) is 0 Å². The average molecular weight is 847 g/mol. The smallest absolute Gasteiger partial charge is 0.0542 e. The maximum atomic E-state index is 2.44. The Kier molecular flexibility index (Phi) is 7.82. The number of nitrogens with zero attached hydrogens (tertiary/aromatic N) is 4. The second-order valence-corrected chi connectivity index (χ2v) is 18.1. The fourth-order valence-electron chi connectivity index (χ4n) is 10.5. The standard InChI is InChI=1S/C60H38N4S/c1-3-15-41(16-4-1)63-55-23-9-7-21-49(55)52-35-45(26-30-56(52)63)61-43-19-11-13-39(33-43)40-14-12-20-44(34-40)62(48-25-29-51-50-22-8-10-24-59(50)65-60(51)38-48)47-28-32-58-54(37-47)53-36-46(61)27-31-57(53)64(58)42-17-5-2-6-18-42/h1-38H. The molecule has 0 aliphatic heterocycles. The highest BCUT2D eigenvalue weighted by Gasteiger charge is 2.17. The van der Waals surface area contributed by atoms with Crippen LogP contribution in [0.25, 0.3) is 119 Å². The Labute approximate surface area is 377 Å². The number of rotatable bonds is 4. The van der Waals surface area contributed by atoms with Crippen molar-refractivity contribution in [3.05, 3.63) is 231 Å². The van der Waals surface area contributed by atoms with Gasteiger partial charge in [-0.1, -0.05) is 103 Å². The third-order valence-corrected chi connectivity index (χ3v) is 14.5. The lowest BCUT2D eigenvalue weighted by Crippen LogP contribution is -1.98. The Bertz CT molecular complexity index is 4290. The first-order chi connectivity index (χ1) is 32.2. The molecule has 0 saturated carbocycles. The third kappa shape index (κ3) is 5.56. The highest BCUT2D eigenvalue weighted by molar-refractivity contribution is 7.25. The van der Waals surface area contributed by atoms with Crippen molar-refractivity contribution in [3.8, 4) is 22.7 Å². The predicted octanol–water partition coefficient (Wildman–Crippen LogP) is 16.4. The minimum absolute atomic E-state index is 1.09. The predicted molar refractivity (Wildman–Crippen MR) is 277 cm³/mol. The molecule has 0 unspecified atom stereocenters. The maximum absolute atomic E-state index is 2.44. The first kappa shape index (κ1) is 36.1. The Balaban J connectivity index is 1.12. The molecule has 8 bridgehead atoms. The van der Waals surface area contributed by atoms with E-state index in [2.05, 4.69) is 249 Å². The molecule has 0 saturated heterocycles. The molecule has 4 nitrogen and oxygen atoms in total. The molecule has 304 valence electrons. The van der Waals surface area contributed by atoms with E-state index in [1.165, 1.54) is 52.8 Å². The molecule has 0 atom stereocenters. The van der Waals surface area contributed by atoms with Gasteiger partial charge in [-0.15, -0.1) is 11.3 Å². The average Bonchev–Trinajstić information content (AvgIpc) is 4.02. The number of thiophene rings is 1. The third-order valence-electron chi connectivity index (χ3n) is 13.4. The minimum atomic E-state index is 1.09. The zero-order valence-corrected chi connectivity index (χ0v) is 36.0. The van der Waals surface area contributed by atoms with Crippen molar-refractivity contribution in [3.63, 3.8) is 0 Å². The summed E-state index contributed by atoms with van der Waals surface area (Å²) in [7, 11) is 0. The van der Waals surface area contributed by atoms with Gasteiger partial charge in [0.05, 0.1) is 22.1 Å². The fourth-order valence-corrected chi connectivity index (χ4v) is 11.6. The van der Waals surface area contributed by atoms with E-state index < -0.39 is 0 Å². The van der Waals surface area contributed by atoms with Crippen LogP contribution in [-0.4, -0.2) is 18.3 Å². The topological polar surface area (TPSA) is 19.7 Å². The van der Waals surface area contributed by atoms with E-state index in [9.17, 15) is 0 Å². The van der Waals surface area contributed by atoms with Gasteiger partial charge in [0.1, 0.15) is 0 Å². The monoisotopic (exact) mass is 846 g/mol. The minimum Gasteiger partial charge on any atom is -0.310 e. The van der Waals surface area contributed by atoms with E-state index in [1.54, 1.807) is 0 Å². The summed E-state index contributed by atoms with van der Waals surface area (Å²) in [4.78, 5) is 0. The molecule has 4 heterocycles. The maximum Gasteiger partial charge on any atom is 0.0542 e. The van der Waals surface area contributed by atoms with Crippen molar-refractivity contribution < 1.29 is 0 Å². The summed E-state index contributed by atoms with van der Waals surface area (Å²) in [6.07, 6.45) is 0. The number of benzene rings is 10. The number of hydrogen-bond donors (Lipinski definition) is 0. The Morgan fingerprint density at radius 3 is 1.32 bits per heavy atom. The summed E-state index contributed by atoms with van der Waals surface area (Å²) < 4.78 is 12.3. The number of hydrogen-bond acceptors (Lipinski definition) is 1. The van der Waals surface area contributed by atoms with E-state index in [0.717, 1.165) is 66.6 Å². The zero-order valence-electron chi connectivity index (χ0n) is 35.1. The Morgan fingerprint density at radius 2 is 0.692 bits per heavy atom. The van der Waals surface area contributed by atoms with Gasteiger partial charge in [0.2, 0.25) is 0 Å². The molecule has 0 radical (unpaired) electrons. The molecule has 14 aromatic rings. The number of aromatic nitrogens is 4. The first-order valence-electron chi connectivity index (χ1n) is 22.2. The van der Waals surface area contributed by atoms with Crippen molar-refractivity contribution in [2.45, 2.75) is 0 Å². The van der Waals surface area contributed by atoms with E-state index >= 15 is 0 Å². The second kappa shape index (κ2) is 14.1. The molecule has 14 rings (SSSR count). The van der Waals surface area contributed by atoms with Crippen molar-refractivity contribution in [2.75, 3.05) is 0 Å². The van der Waals surface area contributed by atoms with Gasteiger partial charge in [-0.05, 0) is 138 Å². The van der Waals surface area contributed by atoms with Crippen LogP contribution in [0, 0.1) is 0 Å². The molecule has 0 spiro atoms. The van der Waals surface area contributed by atoms with Crippen LogP contribution in [-0.2, 0) is 0 Å². The molecule has 10 aromatic carbocycles. The number of para-hydroxylation sites is 3. The second-order valence-electron chi connectivity index (χ2n) is 17.0. The van der Waals surface area contributed by atoms with Crippen molar-refractivity contribution in [2.24, 2.45) is 0 Å². The van der Waals surface area contributed by atoms with Crippen LogP contribution < -0.4 is 0 Å². The molecule has 65 heavy (non-hydrogen) atoms. The molecule has 0 fully saturated rings. The van der Waals surface area contributed by atoms with Crippen molar-refractivity contribution in [1.29, 1.82) is 0 Å². The van der Waals surface area contributed by atoms with E-state index in [4.69, 9.17) is 0 Å². The molecular formula is C60H38N4S. The van der Waals surface area contributed by atoms with Gasteiger partial charge in [-0.25, -0.2) is 0 Å². The van der Waals surface area contributed by atoms with Gasteiger partial charge >= 0.3 is 0 Å². The molecule has 0 N–H and O–H groups in total. The zero-order chi connectivity index (χ0) is 42.6. The van der Waals surface area contributed by atoms with Crippen LogP contribution in [0.2, 0.25) is 0 Å². The van der Waals surface area contributed by atoms with Gasteiger partial charge in [-0.3, -0.25) is 0 Å². The lowest BCUT2D eigenvalue weighted by atomic mass is 10.1. The lowest BCUT2D eigenvalue weighted by Gasteiger charge is -2.14. The SMILES string of the molecule is c1ccc(-n2c3ccccc3c3cc(-n4c5cccc(c5)c5cccc(c5)n(-c5ccc6c(c5)sc5ccccc56)c5ccc6c(c5)c5cc4ccc5n6-c4ccccc4)ccc32)cc1. The van der Waals surface area contributed by atoms with Gasteiger partial charge in [0.15, 0.2) is 0 Å². The normalized spacial score (nSPS) is 12.0. The summed E-state index contributed by atoms with van der Waals surface area (Å²) in [6.45, 7) is 0. The lowest BCUT2D eigenvalue weighted by molar-refractivity contribution is 1.15. The summed E-state index contributed by atoms with van der Waals surface area (Å²) in [6, 6.07) is 85.0. The van der Waals surface area contributed by atoms with Crippen LogP contribution >= 0.6 is 11.3 Å². The molecule has 0 aliphatic carbocycles.